The number of benzene rings is 2. The highest BCUT2D eigenvalue weighted by atomic mass is 35.5. The van der Waals surface area contributed by atoms with Gasteiger partial charge in [0.1, 0.15) is 11.9 Å². The second-order valence-corrected chi connectivity index (χ2v) is 8.87. The fraction of sp³-hybridized carbons (Fsp3) is 0.520. The Labute approximate surface area is 194 Å². The highest BCUT2D eigenvalue weighted by Gasteiger charge is 2.57. The van der Waals surface area contributed by atoms with Gasteiger partial charge in [-0.2, -0.15) is 0 Å². The summed E-state index contributed by atoms with van der Waals surface area (Å²) in [5, 5.41) is 32.5. The monoisotopic (exact) mass is 464 g/mol. The molecule has 1 fully saturated rings. The van der Waals surface area contributed by atoms with Crippen LogP contribution in [0, 0.1) is 0 Å². The minimum absolute atomic E-state index is 0.0767. The van der Waals surface area contributed by atoms with E-state index in [1.54, 1.807) is 32.9 Å². The van der Waals surface area contributed by atoms with E-state index in [-0.39, 0.29) is 13.0 Å². The maximum absolute atomic E-state index is 11.0. The molecule has 7 heteroatoms. The fourth-order valence-corrected chi connectivity index (χ4v) is 4.33. The molecule has 2 aromatic carbocycles. The predicted molar refractivity (Wildman–Crippen MR) is 123 cm³/mol. The van der Waals surface area contributed by atoms with Crippen LogP contribution in [0.25, 0.3) is 0 Å². The number of hydrogen-bond acceptors (Lipinski definition) is 6. The molecule has 0 amide bonds. The molecule has 0 bridgehead atoms. The predicted octanol–water partition coefficient (Wildman–Crippen LogP) is 3.80. The van der Waals surface area contributed by atoms with E-state index in [2.05, 4.69) is 0 Å². The quantitative estimate of drug-likeness (QED) is 0.550. The lowest BCUT2D eigenvalue weighted by Crippen LogP contribution is -2.63. The Hall–Kier alpha value is -1.67. The molecule has 1 saturated heterocycles. The number of ether oxygens (including phenoxy) is 3. The summed E-state index contributed by atoms with van der Waals surface area (Å²) >= 11 is 6.50. The molecule has 5 atom stereocenters. The van der Waals surface area contributed by atoms with Crippen molar-refractivity contribution >= 4 is 11.6 Å². The van der Waals surface area contributed by atoms with E-state index >= 15 is 0 Å². The SMILES string of the molecule is CCOc1ccc(Cc2cc([C@]3(OCC)O[C@](C)([C@@H](C)O)C[C@H](O)[C@H]3O)ccc2Cl)cc1. The molecule has 0 radical (unpaired) electrons. The minimum atomic E-state index is -1.64. The van der Waals surface area contributed by atoms with Crippen LogP contribution in [0.4, 0.5) is 0 Å². The molecule has 0 aliphatic carbocycles. The van der Waals surface area contributed by atoms with E-state index in [0.29, 0.717) is 23.6 Å². The zero-order valence-corrected chi connectivity index (χ0v) is 19.8. The van der Waals surface area contributed by atoms with Gasteiger partial charge < -0.3 is 29.5 Å². The zero-order chi connectivity index (χ0) is 23.5. The third kappa shape index (κ3) is 4.96. The number of hydrogen-bond donors (Lipinski definition) is 3. The Morgan fingerprint density at radius 3 is 2.41 bits per heavy atom. The van der Waals surface area contributed by atoms with Crippen LogP contribution in [-0.4, -0.2) is 52.4 Å². The van der Waals surface area contributed by atoms with Gasteiger partial charge in [0.2, 0.25) is 5.79 Å². The molecule has 3 N–H and O–H groups in total. The average molecular weight is 465 g/mol. The van der Waals surface area contributed by atoms with Gasteiger partial charge in [-0.15, -0.1) is 0 Å². The van der Waals surface area contributed by atoms with Crippen LogP contribution in [0.1, 0.15) is 50.8 Å². The van der Waals surface area contributed by atoms with Crippen molar-refractivity contribution in [2.24, 2.45) is 0 Å². The third-order valence-corrected chi connectivity index (χ3v) is 6.44. The molecule has 0 spiro atoms. The topological polar surface area (TPSA) is 88.4 Å². The summed E-state index contributed by atoms with van der Waals surface area (Å²) < 4.78 is 17.8. The van der Waals surface area contributed by atoms with Crippen LogP contribution in [0.15, 0.2) is 42.5 Å². The first-order valence-corrected chi connectivity index (χ1v) is 11.4. The van der Waals surface area contributed by atoms with Crippen molar-refractivity contribution in [3.8, 4) is 5.75 Å². The van der Waals surface area contributed by atoms with Crippen molar-refractivity contribution in [2.75, 3.05) is 13.2 Å². The van der Waals surface area contributed by atoms with Gasteiger partial charge in [0, 0.05) is 23.6 Å². The smallest absolute Gasteiger partial charge is 0.225 e. The Morgan fingerprint density at radius 1 is 1.12 bits per heavy atom. The molecule has 0 aromatic heterocycles. The van der Waals surface area contributed by atoms with Gasteiger partial charge in [-0.05, 0) is 69.5 Å². The van der Waals surface area contributed by atoms with Gasteiger partial charge in [0.15, 0.2) is 0 Å². The molecule has 0 saturated carbocycles. The maximum atomic E-state index is 11.0. The van der Waals surface area contributed by atoms with E-state index < -0.39 is 29.7 Å². The lowest BCUT2D eigenvalue weighted by molar-refractivity contribution is -0.383. The maximum Gasteiger partial charge on any atom is 0.225 e. The number of aliphatic hydroxyl groups excluding tert-OH is 3. The molecule has 1 aliphatic rings. The molecule has 3 rings (SSSR count). The van der Waals surface area contributed by atoms with Crippen molar-refractivity contribution in [1.29, 1.82) is 0 Å². The minimum Gasteiger partial charge on any atom is -0.494 e. The summed E-state index contributed by atoms with van der Waals surface area (Å²) in [6.07, 6.45) is -2.74. The van der Waals surface area contributed by atoms with Crippen LogP contribution < -0.4 is 4.74 Å². The first-order chi connectivity index (χ1) is 15.1. The van der Waals surface area contributed by atoms with Crippen molar-refractivity contribution in [3.63, 3.8) is 0 Å². The van der Waals surface area contributed by atoms with Gasteiger partial charge in [-0.1, -0.05) is 29.8 Å². The van der Waals surface area contributed by atoms with Crippen LogP contribution in [0.2, 0.25) is 5.02 Å². The second kappa shape index (κ2) is 10.1. The highest BCUT2D eigenvalue weighted by molar-refractivity contribution is 6.31. The third-order valence-electron chi connectivity index (χ3n) is 6.07. The molecule has 1 heterocycles. The normalized spacial score (nSPS) is 29.0. The standard InChI is InChI=1S/C25H33ClO6/c1-5-30-20-10-7-17(8-11-20)13-18-14-19(9-12-21(18)26)25(31-6-2)23(29)22(28)15-24(4,32-25)16(3)27/h7-12,14,16,22-23,27-29H,5-6,13,15H2,1-4H3/t16-,22+,23-,24+,25+/m1/s1. The summed E-state index contributed by atoms with van der Waals surface area (Å²) in [7, 11) is 0. The summed E-state index contributed by atoms with van der Waals surface area (Å²) in [5.74, 6) is -0.840. The van der Waals surface area contributed by atoms with Gasteiger partial charge in [-0.25, -0.2) is 0 Å². The lowest BCUT2D eigenvalue weighted by Gasteiger charge is -2.52. The summed E-state index contributed by atoms with van der Waals surface area (Å²) in [4.78, 5) is 0. The fourth-order valence-electron chi connectivity index (χ4n) is 4.14. The molecule has 0 unspecified atom stereocenters. The van der Waals surface area contributed by atoms with E-state index in [0.717, 1.165) is 16.9 Å². The van der Waals surface area contributed by atoms with E-state index in [1.807, 2.05) is 37.3 Å². The van der Waals surface area contributed by atoms with Gasteiger partial charge in [0.25, 0.3) is 0 Å². The van der Waals surface area contributed by atoms with Gasteiger partial charge in [0.05, 0.1) is 24.4 Å². The van der Waals surface area contributed by atoms with Crippen LogP contribution >= 0.6 is 11.6 Å². The van der Waals surface area contributed by atoms with Crippen LogP contribution in [0.5, 0.6) is 5.75 Å². The molecular formula is C25H33ClO6. The van der Waals surface area contributed by atoms with Crippen molar-refractivity contribution in [2.45, 2.75) is 70.2 Å². The molecule has 176 valence electrons. The molecule has 1 aliphatic heterocycles. The molecular weight excluding hydrogens is 432 g/mol. The van der Waals surface area contributed by atoms with Gasteiger partial charge >= 0.3 is 0 Å². The van der Waals surface area contributed by atoms with Gasteiger partial charge in [-0.3, -0.25) is 0 Å². The summed E-state index contributed by atoms with van der Waals surface area (Å²) in [5.41, 5.74) is 1.28. The number of aliphatic hydroxyl groups is 3. The largest absolute Gasteiger partial charge is 0.494 e. The molecule has 32 heavy (non-hydrogen) atoms. The molecule has 6 nitrogen and oxygen atoms in total. The first kappa shape index (κ1) is 25.0. The lowest BCUT2D eigenvalue weighted by atomic mass is 9.81. The van der Waals surface area contributed by atoms with Crippen molar-refractivity contribution < 1.29 is 29.5 Å². The van der Waals surface area contributed by atoms with Crippen molar-refractivity contribution in [1.82, 2.24) is 0 Å². The van der Waals surface area contributed by atoms with Crippen LogP contribution in [-0.2, 0) is 21.7 Å². The Bertz CT molecular complexity index is 902. The average Bonchev–Trinajstić information content (AvgIpc) is 2.75. The molecule has 2 aromatic rings. The zero-order valence-electron chi connectivity index (χ0n) is 19.0. The van der Waals surface area contributed by atoms with Crippen molar-refractivity contribution in [3.05, 3.63) is 64.2 Å². The Morgan fingerprint density at radius 2 is 1.81 bits per heavy atom. The summed E-state index contributed by atoms with van der Waals surface area (Å²) in [6, 6.07) is 13.1. The summed E-state index contributed by atoms with van der Waals surface area (Å²) in [6.45, 7) is 7.87. The van der Waals surface area contributed by atoms with Crippen LogP contribution in [0.3, 0.4) is 0 Å². The Balaban J connectivity index is 2.00. The van der Waals surface area contributed by atoms with E-state index in [4.69, 9.17) is 25.8 Å². The second-order valence-electron chi connectivity index (χ2n) is 8.47. The van der Waals surface area contributed by atoms with E-state index in [1.165, 1.54) is 0 Å². The van der Waals surface area contributed by atoms with E-state index in [9.17, 15) is 15.3 Å². The number of rotatable bonds is 8. The highest BCUT2D eigenvalue weighted by Crippen LogP contribution is 2.45. The Kier molecular flexibility index (Phi) is 7.86. The first-order valence-electron chi connectivity index (χ1n) is 11.0. The number of halogens is 1.